The highest BCUT2D eigenvalue weighted by atomic mass is 16.5. The summed E-state index contributed by atoms with van der Waals surface area (Å²) in [6, 6.07) is 17.5. The fraction of sp³-hybridized carbons (Fsp3) is 0.133. The first-order valence-corrected chi connectivity index (χ1v) is 6.04. The van der Waals surface area contributed by atoms with Gasteiger partial charge in [-0.2, -0.15) is 0 Å². The zero-order valence-corrected chi connectivity index (χ0v) is 10.7. The standard InChI is InChI=1S/C15H16N2O2/c1-11(15(18)17-16)19-14-10-6-5-9-13(14)12-7-3-2-4-8-12/h2-11H,16H2,1H3,(H,17,18). The molecule has 0 aliphatic carbocycles. The normalized spacial score (nSPS) is 11.7. The molecule has 0 heterocycles. The molecule has 19 heavy (non-hydrogen) atoms. The van der Waals surface area contributed by atoms with Crippen molar-refractivity contribution in [1.82, 2.24) is 5.43 Å². The Kier molecular flexibility index (Phi) is 4.15. The van der Waals surface area contributed by atoms with E-state index in [0.717, 1.165) is 11.1 Å². The van der Waals surface area contributed by atoms with Crippen molar-refractivity contribution in [3.05, 3.63) is 54.6 Å². The first-order chi connectivity index (χ1) is 9.22. The summed E-state index contributed by atoms with van der Waals surface area (Å²) in [5.41, 5.74) is 4.06. The summed E-state index contributed by atoms with van der Waals surface area (Å²) in [6.07, 6.45) is -0.644. The van der Waals surface area contributed by atoms with Crippen molar-refractivity contribution >= 4 is 5.91 Å². The molecule has 4 heteroatoms. The van der Waals surface area contributed by atoms with Gasteiger partial charge in [0.2, 0.25) is 0 Å². The number of benzene rings is 2. The van der Waals surface area contributed by atoms with E-state index < -0.39 is 6.10 Å². The molecule has 1 atom stereocenters. The predicted molar refractivity (Wildman–Crippen MR) is 74.3 cm³/mol. The Balaban J connectivity index is 2.30. The molecule has 3 N–H and O–H groups in total. The lowest BCUT2D eigenvalue weighted by Crippen LogP contribution is -2.40. The molecule has 1 unspecified atom stereocenters. The Hall–Kier alpha value is -2.33. The van der Waals surface area contributed by atoms with Crippen molar-refractivity contribution in [2.75, 3.05) is 0 Å². The lowest BCUT2D eigenvalue weighted by Gasteiger charge is -2.16. The van der Waals surface area contributed by atoms with Gasteiger partial charge in [0.25, 0.3) is 5.91 Å². The van der Waals surface area contributed by atoms with Gasteiger partial charge in [-0.1, -0.05) is 48.5 Å². The average molecular weight is 256 g/mol. The third-order valence-corrected chi connectivity index (χ3v) is 2.79. The predicted octanol–water partition coefficient (Wildman–Crippen LogP) is 2.11. The molecule has 2 aromatic carbocycles. The van der Waals surface area contributed by atoms with Crippen LogP contribution < -0.4 is 16.0 Å². The van der Waals surface area contributed by atoms with E-state index in [2.05, 4.69) is 5.43 Å². The molecule has 2 rings (SSSR count). The van der Waals surface area contributed by atoms with Crippen LogP contribution in [-0.4, -0.2) is 12.0 Å². The molecule has 98 valence electrons. The molecule has 1 amide bonds. The highest BCUT2D eigenvalue weighted by Gasteiger charge is 2.15. The van der Waals surface area contributed by atoms with Gasteiger partial charge >= 0.3 is 0 Å². The number of ether oxygens (including phenoxy) is 1. The molecule has 0 saturated heterocycles. The van der Waals surface area contributed by atoms with Gasteiger partial charge in [-0.15, -0.1) is 0 Å². The van der Waals surface area contributed by atoms with Crippen LogP contribution in [0.5, 0.6) is 5.75 Å². The number of carbonyl (C=O) groups is 1. The first kappa shape index (κ1) is 13.1. The van der Waals surface area contributed by atoms with Crippen molar-refractivity contribution in [2.45, 2.75) is 13.0 Å². The van der Waals surface area contributed by atoms with Crippen molar-refractivity contribution < 1.29 is 9.53 Å². The molecule has 0 spiro atoms. The number of carbonyl (C=O) groups excluding carboxylic acids is 1. The largest absolute Gasteiger partial charge is 0.480 e. The zero-order chi connectivity index (χ0) is 13.7. The molecule has 4 nitrogen and oxygen atoms in total. The maximum atomic E-state index is 11.4. The van der Waals surface area contributed by atoms with Crippen molar-refractivity contribution in [3.63, 3.8) is 0 Å². The van der Waals surface area contributed by atoms with E-state index in [0.29, 0.717) is 5.75 Å². The van der Waals surface area contributed by atoms with Crippen LogP contribution >= 0.6 is 0 Å². The van der Waals surface area contributed by atoms with E-state index in [1.807, 2.05) is 54.6 Å². The Morgan fingerprint density at radius 1 is 1.11 bits per heavy atom. The number of hydrogen-bond acceptors (Lipinski definition) is 3. The van der Waals surface area contributed by atoms with Gasteiger partial charge in [0.15, 0.2) is 6.10 Å². The summed E-state index contributed by atoms with van der Waals surface area (Å²) in [7, 11) is 0. The number of rotatable bonds is 4. The van der Waals surface area contributed by atoms with Gasteiger partial charge in [0.1, 0.15) is 5.75 Å². The Morgan fingerprint density at radius 3 is 2.42 bits per heavy atom. The summed E-state index contributed by atoms with van der Waals surface area (Å²) in [5.74, 6) is 5.40. The van der Waals surface area contributed by atoms with Gasteiger partial charge in [0, 0.05) is 5.56 Å². The van der Waals surface area contributed by atoms with Gasteiger partial charge in [0.05, 0.1) is 0 Å². The van der Waals surface area contributed by atoms with E-state index in [1.165, 1.54) is 0 Å². The number of hydrogen-bond donors (Lipinski definition) is 2. The molecule has 0 radical (unpaired) electrons. The topological polar surface area (TPSA) is 64.3 Å². The van der Waals surface area contributed by atoms with Gasteiger partial charge in [-0.05, 0) is 18.6 Å². The minimum atomic E-state index is -0.644. The average Bonchev–Trinajstić information content (AvgIpc) is 2.47. The number of hydrazine groups is 1. The third kappa shape index (κ3) is 3.11. The third-order valence-electron chi connectivity index (χ3n) is 2.79. The van der Waals surface area contributed by atoms with Crippen LogP contribution in [0.2, 0.25) is 0 Å². The Bertz CT molecular complexity index is 555. The molecule has 0 aromatic heterocycles. The second kappa shape index (κ2) is 6.02. The van der Waals surface area contributed by atoms with Gasteiger partial charge in [-0.25, -0.2) is 5.84 Å². The van der Waals surface area contributed by atoms with E-state index in [-0.39, 0.29) is 5.91 Å². The molecule has 0 saturated carbocycles. The fourth-order valence-corrected chi connectivity index (χ4v) is 1.79. The monoisotopic (exact) mass is 256 g/mol. The van der Waals surface area contributed by atoms with E-state index in [9.17, 15) is 4.79 Å². The highest BCUT2D eigenvalue weighted by Crippen LogP contribution is 2.30. The van der Waals surface area contributed by atoms with Gasteiger partial charge in [-0.3, -0.25) is 10.2 Å². The molecule has 0 aliphatic heterocycles. The molecule has 0 bridgehead atoms. The van der Waals surface area contributed by atoms with E-state index >= 15 is 0 Å². The molecule has 0 fully saturated rings. The Labute approximate surface area is 112 Å². The van der Waals surface area contributed by atoms with Crippen molar-refractivity contribution in [3.8, 4) is 16.9 Å². The second-order valence-electron chi connectivity index (χ2n) is 4.13. The van der Waals surface area contributed by atoms with E-state index in [4.69, 9.17) is 10.6 Å². The van der Waals surface area contributed by atoms with Crippen LogP contribution in [0.25, 0.3) is 11.1 Å². The summed E-state index contributed by atoms with van der Waals surface area (Å²) in [5, 5.41) is 0. The number of nitrogens with one attached hydrogen (secondary N) is 1. The van der Waals surface area contributed by atoms with Crippen LogP contribution in [0.4, 0.5) is 0 Å². The highest BCUT2D eigenvalue weighted by molar-refractivity contribution is 5.80. The van der Waals surface area contributed by atoms with Crippen LogP contribution in [-0.2, 0) is 4.79 Å². The lowest BCUT2D eigenvalue weighted by molar-refractivity contribution is -0.127. The SMILES string of the molecule is CC(Oc1ccccc1-c1ccccc1)C(=O)NN. The van der Waals surface area contributed by atoms with E-state index in [1.54, 1.807) is 6.92 Å². The summed E-state index contributed by atoms with van der Waals surface area (Å²) < 4.78 is 5.66. The quantitative estimate of drug-likeness (QED) is 0.500. The summed E-state index contributed by atoms with van der Waals surface area (Å²) in [6.45, 7) is 1.66. The molecular weight excluding hydrogens is 240 g/mol. The molecular formula is C15H16N2O2. The maximum Gasteiger partial charge on any atom is 0.274 e. The van der Waals surface area contributed by atoms with Crippen LogP contribution in [0.15, 0.2) is 54.6 Å². The fourth-order valence-electron chi connectivity index (χ4n) is 1.79. The van der Waals surface area contributed by atoms with Crippen molar-refractivity contribution in [1.29, 1.82) is 0 Å². The summed E-state index contributed by atoms with van der Waals surface area (Å²) in [4.78, 5) is 11.4. The summed E-state index contributed by atoms with van der Waals surface area (Å²) >= 11 is 0. The second-order valence-corrected chi connectivity index (χ2v) is 4.13. The van der Waals surface area contributed by atoms with Gasteiger partial charge < -0.3 is 4.74 Å². The van der Waals surface area contributed by atoms with Crippen LogP contribution in [0.1, 0.15) is 6.92 Å². The molecule has 0 aliphatic rings. The Morgan fingerprint density at radius 2 is 1.74 bits per heavy atom. The maximum absolute atomic E-state index is 11.4. The van der Waals surface area contributed by atoms with Crippen LogP contribution in [0.3, 0.4) is 0 Å². The minimum absolute atomic E-state index is 0.358. The number of para-hydroxylation sites is 1. The number of amides is 1. The zero-order valence-electron chi connectivity index (χ0n) is 10.7. The van der Waals surface area contributed by atoms with Crippen molar-refractivity contribution in [2.24, 2.45) is 5.84 Å². The first-order valence-electron chi connectivity index (χ1n) is 6.04. The molecule has 2 aromatic rings. The number of nitrogens with two attached hydrogens (primary N) is 1. The minimum Gasteiger partial charge on any atom is -0.480 e. The van der Waals surface area contributed by atoms with Crippen LogP contribution in [0, 0.1) is 0 Å². The lowest BCUT2D eigenvalue weighted by atomic mass is 10.0. The smallest absolute Gasteiger partial charge is 0.274 e.